The Morgan fingerprint density at radius 1 is 1.12 bits per heavy atom. The second-order valence-electron chi connectivity index (χ2n) is 7.87. The summed E-state index contributed by atoms with van der Waals surface area (Å²) in [6, 6.07) is 12.7. The van der Waals surface area contributed by atoms with Gasteiger partial charge in [0.15, 0.2) is 5.82 Å². The van der Waals surface area contributed by atoms with Gasteiger partial charge < -0.3 is 10.1 Å². The highest BCUT2D eigenvalue weighted by atomic mass is 35.5. The van der Waals surface area contributed by atoms with Gasteiger partial charge in [0.2, 0.25) is 10.0 Å². The zero-order valence-electron chi connectivity index (χ0n) is 18.9. The van der Waals surface area contributed by atoms with Crippen molar-refractivity contribution in [3.05, 3.63) is 47.5 Å². The van der Waals surface area contributed by atoms with Gasteiger partial charge in [0, 0.05) is 31.7 Å². The van der Waals surface area contributed by atoms with Gasteiger partial charge in [-0.15, -0.1) is 17.5 Å². The number of halogens is 1. The molecule has 3 aromatic rings. The summed E-state index contributed by atoms with van der Waals surface area (Å²) >= 11 is 0. The van der Waals surface area contributed by atoms with Gasteiger partial charge in [0.25, 0.3) is 0 Å². The van der Waals surface area contributed by atoms with Crippen molar-refractivity contribution in [1.82, 2.24) is 29.8 Å². The molecule has 4 rings (SSSR count). The van der Waals surface area contributed by atoms with Gasteiger partial charge in [0.1, 0.15) is 16.4 Å². The van der Waals surface area contributed by atoms with Crippen LogP contribution >= 0.6 is 12.4 Å². The molecule has 1 N–H and O–H groups in total. The lowest BCUT2D eigenvalue weighted by molar-refractivity contribution is 0.358. The molecular weight excluding hydrogens is 478 g/mol. The number of rotatable bonds is 7. The summed E-state index contributed by atoms with van der Waals surface area (Å²) in [5, 5.41) is 23.7. The molecule has 1 aliphatic heterocycles. The molecule has 1 aromatic heterocycles. The summed E-state index contributed by atoms with van der Waals surface area (Å²) in [4.78, 5) is 0.0518. The topological polar surface area (TPSA) is 126 Å². The van der Waals surface area contributed by atoms with E-state index in [1.54, 1.807) is 18.2 Å². The van der Waals surface area contributed by atoms with Crippen LogP contribution in [0.2, 0.25) is 0 Å². The van der Waals surface area contributed by atoms with Crippen molar-refractivity contribution in [3.63, 3.8) is 0 Å². The zero-order valence-corrected chi connectivity index (χ0v) is 20.6. The van der Waals surface area contributed by atoms with Crippen LogP contribution in [0.1, 0.15) is 17.5 Å². The minimum atomic E-state index is -3.84. The Kier molecular flexibility index (Phi) is 8.22. The van der Waals surface area contributed by atoms with Crippen LogP contribution in [0.5, 0.6) is 11.5 Å². The van der Waals surface area contributed by atoms with Crippen LogP contribution in [0.3, 0.4) is 0 Å². The van der Waals surface area contributed by atoms with Crippen molar-refractivity contribution in [3.8, 4) is 29.0 Å². The van der Waals surface area contributed by atoms with Gasteiger partial charge in [-0.3, -0.25) is 0 Å². The Balaban J connectivity index is 0.00000324. The molecule has 0 unspecified atom stereocenters. The fourth-order valence-electron chi connectivity index (χ4n) is 3.79. The first-order chi connectivity index (χ1) is 15.9. The molecule has 0 radical (unpaired) electrons. The number of nitrogens with one attached hydrogen (secondary N) is 1. The fraction of sp³-hybridized carbons (Fsp3) is 0.364. The van der Waals surface area contributed by atoms with E-state index in [1.165, 1.54) is 8.99 Å². The molecule has 0 bridgehead atoms. The quantitative estimate of drug-likeness (QED) is 0.521. The molecule has 34 heavy (non-hydrogen) atoms. The molecular formula is C22H26ClN7O3S. The first kappa shape index (κ1) is 25.6. The van der Waals surface area contributed by atoms with E-state index in [9.17, 15) is 8.42 Å². The summed E-state index contributed by atoms with van der Waals surface area (Å²) in [6.07, 6.45) is 0.234. The number of sulfonamides is 1. The summed E-state index contributed by atoms with van der Waals surface area (Å²) in [6.45, 7) is 6.13. The molecule has 1 saturated heterocycles. The minimum Gasteiger partial charge on any atom is -0.456 e. The second kappa shape index (κ2) is 10.9. The summed E-state index contributed by atoms with van der Waals surface area (Å²) < 4.78 is 36.3. The van der Waals surface area contributed by atoms with E-state index in [1.807, 2.05) is 32.0 Å². The number of ether oxygens (including phenoxy) is 1. The van der Waals surface area contributed by atoms with Gasteiger partial charge >= 0.3 is 0 Å². The average molecular weight is 504 g/mol. The number of tetrazole rings is 1. The number of nitrogens with zero attached hydrogens (tertiary/aromatic N) is 6. The summed E-state index contributed by atoms with van der Waals surface area (Å²) in [7, 11) is -3.84. The van der Waals surface area contributed by atoms with Crippen LogP contribution < -0.4 is 10.1 Å². The van der Waals surface area contributed by atoms with E-state index in [4.69, 9.17) is 10.00 Å². The predicted molar refractivity (Wildman–Crippen MR) is 128 cm³/mol. The van der Waals surface area contributed by atoms with Crippen LogP contribution in [-0.2, 0) is 16.6 Å². The second-order valence-corrected chi connectivity index (χ2v) is 9.78. The summed E-state index contributed by atoms with van der Waals surface area (Å²) in [5.74, 6) is 1.19. The van der Waals surface area contributed by atoms with Crippen molar-refractivity contribution >= 4 is 22.4 Å². The number of benzene rings is 2. The number of aromatic nitrogens is 4. The van der Waals surface area contributed by atoms with Gasteiger partial charge in [-0.2, -0.15) is 9.57 Å². The number of nitriles is 1. The minimum absolute atomic E-state index is 0. The van der Waals surface area contributed by atoms with Crippen LogP contribution in [0.4, 0.5) is 0 Å². The monoisotopic (exact) mass is 503 g/mol. The maximum atomic E-state index is 13.6. The Hall–Kier alpha value is -3.04. The van der Waals surface area contributed by atoms with E-state index in [0.717, 1.165) is 11.1 Å². The molecule has 0 spiro atoms. The van der Waals surface area contributed by atoms with Crippen molar-refractivity contribution in [2.24, 2.45) is 0 Å². The lowest BCUT2D eigenvalue weighted by atomic mass is 10.1. The van der Waals surface area contributed by atoms with Crippen molar-refractivity contribution in [2.45, 2.75) is 31.7 Å². The number of hydrogen-bond acceptors (Lipinski definition) is 8. The highest BCUT2D eigenvalue weighted by Gasteiger charge is 2.30. The molecule has 1 aliphatic rings. The van der Waals surface area contributed by atoms with E-state index in [-0.39, 0.29) is 29.5 Å². The van der Waals surface area contributed by atoms with Gasteiger partial charge in [-0.1, -0.05) is 6.07 Å². The van der Waals surface area contributed by atoms with Gasteiger partial charge in [0.05, 0.1) is 19.0 Å². The van der Waals surface area contributed by atoms with Crippen molar-refractivity contribution in [2.75, 3.05) is 26.2 Å². The van der Waals surface area contributed by atoms with Crippen molar-refractivity contribution < 1.29 is 13.2 Å². The zero-order chi connectivity index (χ0) is 23.4. The van der Waals surface area contributed by atoms with Crippen molar-refractivity contribution in [1.29, 1.82) is 5.26 Å². The van der Waals surface area contributed by atoms with Crippen LogP contribution in [0.15, 0.2) is 41.3 Å². The van der Waals surface area contributed by atoms with E-state index >= 15 is 0 Å². The third kappa shape index (κ3) is 5.53. The molecule has 1 fully saturated rings. The molecule has 2 heterocycles. The maximum absolute atomic E-state index is 13.6. The molecule has 0 saturated carbocycles. The molecule has 0 aliphatic carbocycles. The Labute approximate surface area is 205 Å². The Morgan fingerprint density at radius 3 is 2.50 bits per heavy atom. The third-order valence-corrected chi connectivity index (χ3v) is 7.21. The molecule has 0 amide bonds. The lowest BCUT2D eigenvalue weighted by Crippen LogP contribution is -2.46. The number of piperazine rings is 1. The van der Waals surface area contributed by atoms with Crippen LogP contribution in [0, 0.1) is 25.2 Å². The molecule has 2 aromatic carbocycles. The fourth-order valence-corrected chi connectivity index (χ4v) is 5.37. The maximum Gasteiger partial charge on any atom is 0.246 e. The van der Waals surface area contributed by atoms with E-state index < -0.39 is 10.0 Å². The molecule has 0 atom stereocenters. The lowest BCUT2D eigenvalue weighted by Gasteiger charge is -2.27. The normalized spacial score (nSPS) is 14.3. The SMILES string of the molecule is Cc1cc(C)cc(Oc2ccc(-c3nnnn3CCC#N)cc2S(=O)(=O)N2CCNCC2)c1.Cl. The number of aryl methyl sites for hydroxylation is 3. The van der Waals surface area contributed by atoms with Gasteiger partial charge in [-0.05, 0) is 65.7 Å². The standard InChI is InChI=1S/C22H25N7O3S.ClH/c1-16-12-17(2)14-19(13-16)32-20-5-4-18(22-25-26-27-29(22)9-3-6-23)15-21(20)33(30,31)28-10-7-24-8-11-28;/h4-5,12-15,24H,3,7-11H2,1-2H3;1H. The van der Waals surface area contributed by atoms with E-state index in [2.05, 4.69) is 26.9 Å². The number of hydrogen-bond donors (Lipinski definition) is 1. The van der Waals surface area contributed by atoms with E-state index in [0.29, 0.717) is 49.9 Å². The van der Waals surface area contributed by atoms with Crippen LogP contribution in [0.25, 0.3) is 11.4 Å². The third-order valence-electron chi connectivity index (χ3n) is 5.29. The van der Waals surface area contributed by atoms with Crippen LogP contribution in [-0.4, -0.2) is 59.1 Å². The Bertz CT molecular complexity index is 1280. The molecule has 180 valence electrons. The van der Waals surface area contributed by atoms with Gasteiger partial charge in [-0.25, -0.2) is 13.1 Å². The highest BCUT2D eigenvalue weighted by Crippen LogP contribution is 2.35. The smallest absolute Gasteiger partial charge is 0.246 e. The average Bonchev–Trinajstić information content (AvgIpc) is 3.26. The highest BCUT2D eigenvalue weighted by molar-refractivity contribution is 7.89. The molecule has 10 nitrogen and oxygen atoms in total. The first-order valence-electron chi connectivity index (χ1n) is 10.6. The molecule has 12 heteroatoms. The summed E-state index contributed by atoms with van der Waals surface area (Å²) in [5.41, 5.74) is 2.56. The largest absolute Gasteiger partial charge is 0.456 e. The predicted octanol–water partition coefficient (Wildman–Crippen LogP) is 2.68. The first-order valence-corrected chi connectivity index (χ1v) is 12.1. The Morgan fingerprint density at radius 2 is 1.82 bits per heavy atom.